The summed E-state index contributed by atoms with van der Waals surface area (Å²) in [7, 11) is 1.72. The van der Waals surface area contributed by atoms with Crippen LogP contribution in [0.5, 0.6) is 0 Å². The Labute approximate surface area is 156 Å². The molecule has 1 aromatic rings. The minimum atomic E-state index is 0. The molecule has 4 nitrogen and oxygen atoms in total. The second-order valence-electron chi connectivity index (χ2n) is 4.73. The zero-order valence-electron chi connectivity index (χ0n) is 13.4. The van der Waals surface area contributed by atoms with E-state index in [1.54, 1.807) is 7.11 Å². The molecule has 0 aliphatic carbocycles. The third-order valence-corrected chi connectivity index (χ3v) is 3.36. The van der Waals surface area contributed by atoms with Gasteiger partial charge in [0.05, 0.1) is 0 Å². The van der Waals surface area contributed by atoms with Crippen LogP contribution in [-0.2, 0) is 11.2 Å². The number of benzene rings is 1. The minimum Gasteiger partial charge on any atom is -0.385 e. The summed E-state index contributed by atoms with van der Waals surface area (Å²) in [4.78, 5) is 4.57. The minimum absolute atomic E-state index is 0. The van der Waals surface area contributed by atoms with Gasteiger partial charge in [-0.1, -0.05) is 29.8 Å². The highest BCUT2D eigenvalue weighted by Crippen LogP contribution is 2.16. The highest BCUT2D eigenvalue weighted by Gasteiger charge is 1.99. The van der Waals surface area contributed by atoms with Crippen molar-refractivity contribution in [3.63, 3.8) is 0 Å². The number of hydrogen-bond acceptors (Lipinski definition) is 2. The van der Waals surface area contributed by atoms with Crippen molar-refractivity contribution in [3.05, 3.63) is 34.9 Å². The highest BCUT2D eigenvalue weighted by molar-refractivity contribution is 14.0. The molecule has 0 aliphatic heterocycles. The molecule has 0 amide bonds. The van der Waals surface area contributed by atoms with Crippen LogP contribution in [0.25, 0.3) is 0 Å². The maximum Gasteiger partial charge on any atom is 0.191 e. The lowest BCUT2D eigenvalue weighted by Crippen LogP contribution is -2.38. The molecule has 0 heterocycles. The molecule has 1 rings (SSSR count). The first kappa shape index (κ1) is 21.5. The Morgan fingerprint density at radius 1 is 1.23 bits per heavy atom. The zero-order valence-corrected chi connectivity index (χ0v) is 16.5. The van der Waals surface area contributed by atoms with Crippen LogP contribution in [0.2, 0.25) is 5.02 Å². The van der Waals surface area contributed by atoms with Crippen LogP contribution in [0.4, 0.5) is 0 Å². The fourth-order valence-corrected chi connectivity index (χ4v) is 2.16. The fraction of sp³-hybridized carbons (Fsp3) is 0.562. The molecule has 0 aromatic heterocycles. The molecule has 0 radical (unpaired) electrons. The molecule has 0 unspecified atom stereocenters. The van der Waals surface area contributed by atoms with Crippen molar-refractivity contribution in [1.29, 1.82) is 0 Å². The van der Waals surface area contributed by atoms with Crippen LogP contribution in [0.1, 0.15) is 25.3 Å². The van der Waals surface area contributed by atoms with E-state index in [9.17, 15) is 0 Å². The highest BCUT2D eigenvalue weighted by atomic mass is 127. The van der Waals surface area contributed by atoms with Crippen molar-refractivity contribution < 1.29 is 4.74 Å². The van der Waals surface area contributed by atoms with E-state index in [2.05, 4.69) is 28.6 Å². The summed E-state index contributed by atoms with van der Waals surface area (Å²) in [5, 5.41) is 7.38. The summed E-state index contributed by atoms with van der Waals surface area (Å²) in [5.74, 6) is 0.868. The van der Waals surface area contributed by atoms with E-state index in [-0.39, 0.29) is 24.0 Å². The first-order valence-corrected chi connectivity index (χ1v) is 7.90. The molecule has 126 valence electrons. The molecule has 1 aromatic carbocycles. The number of aryl methyl sites for hydroxylation is 1. The Morgan fingerprint density at radius 3 is 2.68 bits per heavy atom. The van der Waals surface area contributed by atoms with E-state index >= 15 is 0 Å². The van der Waals surface area contributed by atoms with E-state index in [0.29, 0.717) is 0 Å². The Morgan fingerprint density at radius 2 is 2.00 bits per heavy atom. The van der Waals surface area contributed by atoms with Crippen LogP contribution < -0.4 is 10.6 Å². The van der Waals surface area contributed by atoms with E-state index in [1.807, 2.05) is 18.2 Å². The summed E-state index contributed by atoms with van der Waals surface area (Å²) < 4.78 is 5.03. The first-order valence-electron chi connectivity index (χ1n) is 7.52. The number of guanidine groups is 1. The number of hydrogen-bond donors (Lipinski definition) is 2. The van der Waals surface area contributed by atoms with Gasteiger partial charge in [0, 0.05) is 38.4 Å². The van der Waals surface area contributed by atoms with Gasteiger partial charge in [-0.25, -0.2) is 0 Å². The quantitative estimate of drug-likeness (QED) is 0.268. The number of halogens is 2. The number of nitrogens with zero attached hydrogens (tertiary/aromatic N) is 1. The van der Waals surface area contributed by atoms with Crippen LogP contribution in [0.15, 0.2) is 29.3 Å². The van der Waals surface area contributed by atoms with E-state index in [4.69, 9.17) is 16.3 Å². The monoisotopic (exact) mass is 439 g/mol. The predicted molar refractivity (Wildman–Crippen MR) is 106 cm³/mol. The van der Waals surface area contributed by atoms with Crippen LogP contribution in [0.3, 0.4) is 0 Å². The number of rotatable bonds is 9. The Hall–Kier alpha value is -0.530. The van der Waals surface area contributed by atoms with Crippen molar-refractivity contribution in [2.45, 2.75) is 26.2 Å². The summed E-state index contributed by atoms with van der Waals surface area (Å²) in [6.07, 6.45) is 2.91. The normalized spacial score (nSPS) is 11.0. The second kappa shape index (κ2) is 14.1. The van der Waals surface area contributed by atoms with Gasteiger partial charge in [0.2, 0.25) is 0 Å². The molecule has 2 N–H and O–H groups in total. The SMILES string of the molecule is CCNC(=NCCCc1ccccc1Cl)NCCCOC.I. The molecular formula is C16H27ClIN3O. The van der Waals surface area contributed by atoms with Gasteiger partial charge < -0.3 is 15.4 Å². The van der Waals surface area contributed by atoms with Gasteiger partial charge >= 0.3 is 0 Å². The smallest absolute Gasteiger partial charge is 0.191 e. The summed E-state index contributed by atoms with van der Waals surface area (Å²) in [6.45, 7) is 5.34. The average Bonchev–Trinajstić information content (AvgIpc) is 2.49. The fourth-order valence-electron chi connectivity index (χ4n) is 1.93. The van der Waals surface area contributed by atoms with Crippen LogP contribution in [0, 0.1) is 0 Å². The van der Waals surface area contributed by atoms with Crippen molar-refractivity contribution in [2.24, 2.45) is 4.99 Å². The standard InChI is InChI=1S/C16H26ClN3O.HI/c1-3-18-16(20-12-7-13-21-2)19-11-6-9-14-8-4-5-10-15(14)17;/h4-5,8,10H,3,6-7,9,11-13H2,1-2H3,(H2,18,19,20);1H. The van der Waals surface area contributed by atoms with E-state index < -0.39 is 0 Å². The maximum atomic E-state index is 6.14. The maximum absolute atomic E-state index is 6.14. The van der Waals surface area contributed by atoms with Gasteiger partial charge in [0.25, 0.3) is 0 Å². The predicted octanol–water partition coefficient (Wildman–Crippen LogP) is 3.48. The molecule has 0 saturated carbocycles. The van der Waals surface area contributed by atoms with Crippen molar-refractivity contribution in [1.82, 2.24) is 10.6 Å². The number of nitrogens with one attached hydrogen (secondary N) is 2. The van der Waals surface area contributed by atoms with E-state index in [0.717, 1.165) is 56.5 Å². The zero-order chi connectivity index (χ0) is 15.3. The molecule has 22 heavy (non-hydrogen) atoms. The molecule has 0 spiro atoms. The lowest BCUT2D eigenvalue weighted by Gasteiger charge is -2.11. The molecular weight excluding hydrogens is 413 g/mol. The van der Waals surface area contributed by atoms with Crippen molar-refractivity contribution >= 4 is 41.5 Å². The van der Waals surface area contributed by atoms with Crippen molar-refractivity contribution in [2.75, 3.05) is 33.4 Å². The Balaban J connectivity index is 0.00000441. The van der Waals surface area contributed by atoms with Gasteiger partial charge in [0.15, 0.2) is 5.96 Å². The van der Waals surface area contributed by atoms with Gasteiger partial charge in [-0.2, -0.15) is 0 Å². The molecule has 0 atom stereocenters. The Kier molecular flexibility index (Phi) is 13.7. The lowest BCUT2D eigenvalue weighted by atomic mass is 10.1. The number of methoxy groups -OCH3 is 1. The summed E-state index contributed by atoms with van der Waals surface area (Å²) in [6, 6.07) is 7.98. The average molecular weight is 440 g/mol. The molecule has 0 saturated heterocycles. The summed E-state index contributed by atoms with van der Waals surface area (Å²) >= 11 is 6.14. The summed E-state index contributed by atoms with van der Waals surface area (Å²) in [5.41, 5.74) is 1.19. The Bertz CT molecular complexity index is 430. The largest absolute Gasteiger partial charge is 0.385 e. The van der Waals surface area contributed by atoms with Crippen LogP contribution in [-0.4, -0.2) is 39.3 Å². The van der Waals surface area contributed by atoms with Gasteiger partial charge in [0.1, 0.15) is 0 Å². The molecule has 0 bridgehead atoms. The van der Waals surface area contributed by atoms with Gasteiger partial charge in [-0.15, -0.1) is 24.0 Å². The second-order valence-corrected chi connectivity index (χ2v) is 5.14. The topological polar surface area (TPSA) is 45.7 Å². The van der Waals surface area contributed by atoms with E-state index in [1.165, 1.54) is 5.56 Å². The number of aliphatic imine (C=N–C) groups is 1. The van der Waals surface area contributed by atoms with Gasteiger partial charge in [-0.05, 0) is 37.8 Å². The third-order valence-electron chi connectivity index (χ3n) is 2.99. The molecule has 0 fully saturated rings. The number of ether oxygens (including phenoxy) is 1. The first-order chi connectivity index (χ1) is 10.3. The van der Waals surface area contributed by atoms with Gasteiger partial charge in [-0.3, -0.25) is 4.99 Å². The molecule has 6 heteroatoms. The third kappa shape index (κ3) is 9.48. The van der Waals surface area contributed by atoms with Crippen LogP contribution >= 0.6 is 35.6 Å². The molecule has 0 aliphatic rings. The lowest BCUT2D eigenvalue weighted by molar-refractivity contribution is 0.195. The van der Waals surface area contributed by atoms with Crippen molar-refractivity contribution in [3.8, 4) is 0 Å².